The van der Waals surface area contributed by atoms with Gasteiger partial charge in [0, 0.05) is 54.2 Å². The summed E-state index contributed by atoms with van der Waals surface area (Å²) < 4.78 is 1.90. The zero-order chi connectivity index (χ0) is 20.0. The molecule has 2 unspecified atom stereocenters. The fraction of sp³-hybridized carbons (Fsp3) is 0.273. The Morgan fingerprint density at radius 2 is 1.86 bits per heavy atom. The van der Waals surface area contributed by atoms with Crippen LogP contribution in [-0.4, -0.2) is 38.4 Å². The van der Waals surface area contributed by atoms with Crippen LogP contribution in [0.3, 0.4) is 0 Å². The number of likely N-dealkylation sites (tertiary alicyclic amines) is 1. The summed E-state index contributed by atoms with van der Waals surface area (Å²) in [5.74, 6) is 0.302. The number of aromatic nitrogens is 3. The quantitative estimate of drug-likeness (QED) is 0.655. The molecule has 1 saturated heterocycles. The topological polar surface area (TPSA) is 68.1 Å². The molecule has 29 heavy (non-hydrogen) atoms. The van der Waals surface area contributed by atoms with Crippen molar-refractivity contribution in [2.24, 2.45) is 5.92 Å². The molecule has 2 aliphatic rings. The number of halogens is 1. The van der Waals surface area contributed by atoms with Gasteiger partial charge < -0.3 is 9.47 Å². The van der Waals surface area contributed by atoms with Crippen molar-refractivity contribution in [3.05, 3.63) is 81.8 Å². The van der Waals surface area contributed by atoms with Crippen molar-refractivity contribution in [3.8, 4) is 11.1 Å². The van der Waals surface area contributed by atoms with Crippen LogP contribution in [0.5, 0.6) is 0 Å². The van der Waals surface area contributed by atoms with Crippen LogP contribution in [0.15, 0.2) is 59.8 Å². The van der Waals surface area contributed by atoms with Gasteiger partial charge in [-0.05, 0) is 42.2 Å². The highest BCUT2D eigenvalue weighted by molar-refractivity contribution is 6.30. The third-order valence-corrected chi connectivity index (χ3v) is 6.08. The average Bonchev–Trinajstić information content (AvgIpc) is 2.75. The molecule has 0 saturated carbocycles. The van der Waals surface area contributed by atoms with Crippen molar-refractivity contribution >= 4 is 17.5 Å². The van der Waals surface area contributed by atoms with Gasteiger partial charge in [-0.15, -0.1) is 0 Å². The van der Waals surface area contributed by atoms with Gasteiger partial charge in [0.1, 0.15) is 5.69 Å². The highest BCUT2D eigenvalue weighted by Gasteiger charge is 2.37. The van der Waals surface area contributed by atoms with E-state index in [2.05, 4.69) is 9.97 Å². The van der Waals surface area contributed by atoms with Gasteiger partial charge in [0.25, 0.3) is 11.5 Å². The molecule has 6 nitrogen and oxygen atoms in total. The fourth-order valence-corrected chi connectivity index (χ4v) is 4.66. The number of piperidine rings is 1. The molecule has 146 valence electrons. The van der Waals surface area contributed by atoms with Gasteiger partial charge in [0.2, 0.25) is 0 Å². The first kappa shape index (κ1) is 18.1. The Bertz CT molecular complexity index is 1130. The highest BCUT2D eigenvalue weighted by atomic mass is 35.5. The van der Waals surface area contributed by atoms with Gasteiger partial charge in [-0.25, -0.2) is 4.98 Å². The number of amides is 1. The van der Waals surface area contributed by atoms with Crippen LogP contribution >= 0.6 is 11.6 Å². The number of hydrogen-bond acceptors (Lipinski definition) is 4. The largest absolute Gasteiger partial charge is 0.336 e. The molecule has 0 N–H and O–H groups in total. The molecule has 0 radical (unpaired) electrons. The van der Waals surface area contributed by atoms with Gasteiger partial charge in [0.15, 0.2) is 0 Å². The van der Waals surface area contributed by atoms with Crippen LogP contribution < -0.4 is 5.56 Å². The Morgan fingerprint density at radius 3 is 2.62 bits per heavy atom. The maximum atomic E-state index is 13.2. The molecule has 1 fully saturated rings. The predicted octanol–water partition coefficient (Wildman–Crippen LogP) is 3.22. The van der Waals surface area contributed by atoms with Gasteiger partial charge in [-0.3, -0.25) is 14.6 Å². The third kappa shape index (κ3) is 3.23. The second kappa shape index (κ2) is 7.12. The molecular weight excluding hydrogens is 388 g/mol. The number of fused-ring (bicyclic) bond motifs is 4. The zero-order valence-corrected chi connectivity index (χ0v) is 16.4. The van der Waals surface area contributed by atoms with E-state index in [9.17, 15) is 9.59 Å². The number of nitrogens with zero attached hydrogens (tertiary/aromatic N) is 4. The lowest BCUT2D eigenvalue weighted by atomic mass is 9.82. The van der Waals surface area contributed by atoms with Crippen molar-refractivity contribution in [1.29, 1.82) is 0 Å². The molecule has 2 aromatic heterocycles. The van der Waals surface area contributed by atoms with Crippen LogP contribution in [0.25, 0.3) is 11.1 Å². The zero-order valence-electron chi connectivity index (χ0n) is 15.7. The summed E-state index contributed by atoms with van der Waals surface area (Å²) in [6.45, 7) is 1.84. The van der Waals surface area contributed by atoms with Gasteiger partial charge in [0.05, 0.1) is 6.20 Å². The summed E-state index contributed by atoms with van der Waals surface area (Å²) in [5.41, 5.74) is 2.93. The van der Waals surface area contributed by atoms with Crippen LogP contribution in [0.1, 0.15) is 28.5 Å². The summed E-state index contributed by atoms with van der Waals surface area (Å²) >= 11 is 5.98. The lowest BCUT2D eigenvalue weighted by Gasteiger charge is -2.42. The Kier molecular flexibility index (Phi) is 4.43. The molecule has 4 heterocycles. The van der Waals surface area contributed by atoms with E-state index in [1.54, 1.807) is 18.3 Å². The number of carbonyl (C=O) groups excluding carboxylic acids is 1. The minimum Gasteiger partial charge on any atom is -0.336 e. The molecule has 5 rings (SSSR count). The van der Waals surface area contributed by atoms with Gasteiger partial charge >= 0.3 is 0 Å². The first-order chi connectivity index (χ1) is 14.1. The lowest BCUT2D eigenvalue weighted by molar-refractivity contribution is 0.0588. The first-order valence-electron chi connectivity index (χ1n) is 9.65. The van der Waals surface area contributed by atoms with E-state index in [0.717, 1.165) is 17.7 Å². The summed E-state index contributed by atoms with van der Waals surface area (Å²) in [4.78, 5) is 36.0. The van der Waals surface area contributed by atoms with Crippen LogP contribution in [0.2, 0.25) is 5.02 Å². The maximum absolute atomic E-state index is 13.2. The van der Waals surface area contributed by atoms with Gasteiger partial charge in [-0.1, -0.05) is 23.7 Å². The molecule has 0 aliphatic carbocycles. The molecule has 7 heteroatoms. The smallest absolute Gasteiger partial charge is 0.274 e. The second-order valence-electron chi connectivity index (χ2n) is 7.69. The SMILES string of the molecule is O=C(c1cnccn1)N1CC2CC(C1)c1ccc(-c3ccc(Cl)cc3)c(=O)n1C2. The standard InChI is InChI=1S/C22H19ClN4O2/c23-17-3-1-15(2-4-17)18-5-6-20-16-9-14(12-27(20)21(18)28)11-26(13-16)22(29)19-10-24-7-8-25-19/h1-8,10,14,16H,9,11-13H2. The molecule has 2 atom stereocenters. The summed E-state index contributed by atoms with van der Waals surface area (Å²) in [7, 11) is 0. The minimum atomic E-state index is -0.0959. The Hall–Kier alpha value is -2.99. The van der Waals surface area contributed by atoms with Crippen molar-refractivity contribution in [3.63, 3.8) is 0 Å². The molecular formula is C22H19ClN4O2. The van der Waals surface area contributed by atoms with Crippen LogP contribution in [-0.2, 0) is 6.54 Å². The number of hydrogen-bond donors (Lipinski definition) is 0. The molecule has 1 aromatic carbocycles. The molecule has 1 amide bonds. The first-order valence-corrected chi connectivity index (χ1v) is 10.0. The number of pyridine rings is 1. The molecule has 0 spiro atoms. The van der Waals surface area contributed by atoms with E-state index in [1.807, 2.05) is 33.7 Å². The van der Waals surface area contributed by atoms with E-state index >= 15 is 0 Å². The fourth-order valence-electron chi connectivity index (χ4n) is 4.53. The van der Waals surface area contributed by atoms with E-state index in [1.165, 1.54) is 12.4 Å². The van der Waals surface area contributed by atoms with E-state index in [0.29, 0.717) is 35.9 Å². The van der Waals surface area contributed by atoms with E-state index in [-0.39, 0.29) is 23.3 Å². The second-order valence-corrected chi connectivity index (χ2v) is 8.13. The summed E-state index contributed by atoms with van der Waals surface area (Å²) in [6.07, 6.45) is 5.58. The number of carbonyl (C=O) groups is 1. The predicted molar refractivity (Wildman–Crippen MR) is 110 cm³/mol. The molecule has 2 aliphatic heterocycles. The Labute approximate surface area is 172 Å². The third-order valence-electron chi connectivity index (χ3n) is 5.83. The number of rotatable bonds is 2. The van der Waals surface area contributed by atoms with Crippen LogP contribution in [0.4, 0.5) is 0 Å². The normalized spacial score (nSPS) is 20.2. The molecule has 3 aromatic rings. The van der Waals surface area contributed by atoms with Crippen LogP contribution in [0, 0.1) is 5.92 Å². The summed E-state index contributed by atoms with van der Waals surface area (Å²) in [5, 5.41) is 0.647. The van der Waals surface area contributed by atoms with Gasteiger partial charge in [-0.2, -0.15) is 0 Å². The van der Waals surface area contributed by atoms with Crippen molar-refractivity contribution in [2.45, 2.75) is 18.9 Å². The highest BCUT2D eigenvalue weighted by Crippen LogP contribution is 2.36. The monoisotopic (exact) mass is 406 g/mol. The van der Waals surface area contributed by atoms with Crippen molar-refractivity contribution in [2.75, 3.05) is 13.1 Å². The minimum absolute atomic E-state index is 0.0215. The maximum Gasteiger partial charge on any atom is 0.274 e. The number of benzene rings is 1. The van der Waals surface area contributed by atoms with Crippen molar-refractivity contribution in [1.82, 2.24) is 19.4 Å². The Morgan fingerprint density at radius 1 is 1.03 bits per heavy atom. The van der Waals surface area contributed by atoms with Crippen molar-refractivity contribution < 1.29 is 4.79 Å². The van der Waals surface area contributed by atoms with E-state index < -0.39 is 0 Å². The lowest BCUT2D eigenvalue weighted by Crippen LogP contribution is -2.49. The molecule has 2 bridgehead atoms. The van der Waals surface area contributed by atoms with E-state index in [4.69, 9.17) is 11.6 Å². The summed E-state index contributed by atoms with van der Waals surface area (Å²) in [6, 6.07) is 11.3. The average molecular weight is 407 g/mol. The Balaban J connectivity index is 1.46.